The third-order valence-electron chi connectivity index (χ3n) is 4.51. The van der Waals surface area contributed by atoms with Gasteiger partial charge in [0, 0.05) is 12.1 Å². The van der Waals surface area contributed by atoms with Gasteiger partial charge >= 0.3 is 18.1 Å². The molecule has 0 saturated carbocycles. The van der Waals surface area contributed by atoms with E-state index in [0.29, 0.717) is 28.0 Å². The Morgan fingerprint density at radius 2 is 1.77 bits per heavy atom. The minimum absolute atomic E-state index is 0.0579. The first-order chi connectivity index (χ1) is 14.0. The number of hydrogen-bond acceptors (Lipinski definition) is 4. The van der Waals surface area contributed by atoms with Crippen LogP contribution in [0.4, 0.5) is 13.2 Å². The molecule has 0 amide bonds. The van der Waals surface area contributed by atoms with E-state index in [4.69, 9.17) is 9.84 Å². The van der Waals surface area contributed by atoms with Crippen LogP contribution in [-0.4, -0.2) is 53.4 Å². The van der Waals surface area contributed by atoms with Crippen molar-refractivity contribution in [1.82, 2.24) is 4.90 Å². The van der Waals surface area contributed by atoms with Gasteiger partial charge in [-0.1, -0.05) is 19.1 Å². The van der Waals surface area contributed by atoms with Crippen LogP contribution in [0.1, 0.15) is 28.4 Å². The van der Waals surface area contributed by atoms with E-state index in [2.05, 4.69) is 0 Å². The van der Waals surface area contributed by atoms with Gasteiger partial charge in [0.15, 0.2) is 0 Å². The Hall–Kier alpha value is -3.07. The van der Waals surface area contributed by atoms with Crippen molar-refractivity contribution in [2.75, 3.05) is 20.2 Å². The van der Waals surface area contributed by atoms with Crippen LogP contribution in [0.5, 0.6) is 5.75 Å². The van der Waals surface area contributed by atoms with Gasteiger partial charge in [-0.2, -0.15) is 13.2 Å². The molecular formula is C21H22F3NO5. The molecule has 0 spiro atoms. The first-order valence-electron chi connectivity index (χ1n) is 9.08. The fraction of sp³-hybridized carbons (Fsp3) is 0.333. The van der Waals surface area contributed by atoms with Crippen LogP contribution in [0, 0.1) is 0 Å². The summed E-state index contributed by atoms with van der Waals surface area (Å²) in [6, 6.07) is 8.94. The van der Waals surface area contributed by atoms with Crippen molar-refractivity contribution in [3.63, 3.8) is 0 Å². The first-order valence-corrected chi connectivity index (χ1v) is 9.08. The number of hydrogen-bond donors (Lipinski definition) is 2. The summed E-state index contributed by atoms with van der Waals surface area (Å²) in [6.07, 6.45) is -4.64. The molecule has 0 atom stereocenters. The van der Waals surface area contributed by atoms with Crippen molar-refractivity contribution in [3.05, 3.63) is 53.1 Å². The molecule has 0 heterocycles. The van der Waals surface area contributed by atoms with Gasteiger partial charge in [0.05, 0.1) is 25.6 Å². The van der Waals surface area contributed by atoms with Gasteiger partial charge < -0.3 is 14.9 Å². The van der Waals surface area contributed by atoms with Gasteiger partial charge in [-0.25, -0.2) is 4.79 Å². The standard InChI is InChI=1S/C21H22F3NO5/c1-3-25(12-21(22,23)24)11-15-10-14(20(28)29)5-6-16(15)17-8-13(9-19(26)27)4-7-18(17)30-2/h4-8,10H,3,9,11-12H2,1-2H3,(H,26,27)(H,28,29). The Morgan fingerprint density at radius 3 is 2.30 bits per heavy atom. The minimum Gasteiger partial charge on any atom is -0.496 e. The molecule has 30 heavy (non-hydrogen) atoms. The second-order valence-corrected chi connectivity index (χ2v) is 6.70. The molecule has 0 unspecified atom stereocenters. The Bertz CT molecular complexity index is 927. The van der Waals surface area contributed by atoms with Gasteiger partial charge in [-0.3, -0.25) is 9.69 Å². The van der Waals surface area contributed by atoms with Gasteiger partial charge in [-0.05, 0) is 47.5 Å². The average molecular weight is 425 g/mol. The van der Waals surface area contributed by atoms with Crippen LogP contribution >= 0.6 is 0 Å². The number of alkyl halides is 3. The number of benzene rings is 2. The van der Waals surface area contributed by atoms with Crippen molar-refractivity contribution in [3.8, 4) is 16.9 Å². The highest BCUT2D eigenvalue weighted by molar-refractivity contribution is 5.89. The Balaban J connectivity index is 2.59. The predicted molar refractivity (Wildman–Crippen MR) is 104 cm³/mol. The van der Waals surface area contributed by atoms with Crippen LogP contribution in [0.3, 0.4) is 0 Å². The SMILES string of the molecule is CCN(Cc1cc(C(=O)O)ccc1-c1cc(CC(=O)O)ccc1OC)CC(F)(F)F. The maximum absolute atomic E-state index is 12.9. The largest absolute Gasteiger partial charge is 0.496 e. The van der Waals surface area contributed by atoms with Crippen LogP contribution in [-0.2, 0) is 17.8 Å². The average Bonchev–Trinajstić information content (AvgIpc) is 2.65. The number of rotatable bonds is 9. The fourth-order valence-electron chi connectivity index (χ4n) is 3.14. The molecular weight excluding hydrogens is 403 g/mol. The molecule has 0 radical (unpaired) electrons. The van der Waals surface area contributed by atoms with Crippen molar-refractivity contribution < 1.29 is 37.7 Å². The van der Waals surface area contributed by atoms with E-state index in [1.807, 2.05) is 0 Å². The van der Waals surface area contributed by atoms with Crippen molar-refractivity contribution in [2.45, 2.75) is 26.1 Å². The summed E-state index contributed by atoms with van der Waals surface area (Å²) >= 11 is 0. The third kappa shape index (κ3) is 6.21. The lowest BCUT2D eigenvalue weighted by atomic mass is 9.94. The van der Waals surface area contributed by atoms with Crippen molar-refractivity contribution >= 4 is 11.9 Å². The number of aromatic carboxylic acids is 1. The Kier molecular flexibility index (Phi) is 7.44. The quantitative estimate of drug-likeness (QED) is 0.630. The zero-order valence-corrected chi connectivity index (χ0v) is 16.5. The van der Waals surface area contributed by atoms with E-state index in [1.54, 1.807) is 25.1 Å². The number of halogens is 3. The Labute approximate surface area is 171 Å². The maximum Gasteiger partial charge on any atom is 0.401 e. The van der Waals surface area contributed by atoms with E-state index in [-0.39, 0.29) is 25.1 Å². The summed E-state index contributed by atoms with van der Waals surface area (Å²) in [5, 5.41) is 18.4. The molecule has 6 nitrogen and oxygen atoms in total. The van der Waals surface area contributed by atoms with E-state index in [1.165, 1.54) is 25.3 Å². The van der Waals surface area contributed by atoms with Crippen LogP contribution < -0.4 is 4.74 Å². The number of carbonyl (C=O) groups is 2. The van der Waals surface area contributed by atoms with Crippen LogP contribution in [0.25, 0.3) is 11.1 Å². The summed E-state index contributed by atoms with van der Waals surface area (Å²) in [4.78, 5) is 23.6. The molecule has 0 saturated heterocycles. The summed E-state index contributed by atoms with van der Waals surface area (Å²) in [6.45, 7) is 0.405. The van der Waals surface area contributed by atoms with E-state index < -0.39 is 24.7 Å². The lowest BCUT2D eigenvalue weighted by Crippen LogP contribution is -2.33. The molecule has 0 bridgehead atoms. The number of nitrogens with zero attached hydrogens (tertiary/aromatic N) is 1. The van der Waals surface area contributed by atoms with Gasteiger partial charge in [0.1, 0.15) is 5.75 Å². The van der Waals surface area contributed by atoms with Crippen molar-refractivity contribution in [1.29, 1.82) is 0 Å². The highest BCUT2D eigenvalue weighted by atomic mass is 19.4. The molecule has 2 rings (SSSR count). The lowest BCUT2D eigenvalue weighted by Gasteiger charge is -2.24. The van der Waals surface area contributed by atoms with Crippen molar-refractivity contribution in [2.24, 2.45) is 0 Å². The number of carboxylic acid groups (broad SMARTS) is 2. The summed E-state index contributed by atoms with van der Waals surface area (Å²) in [5.41, 5.74) is 1.74. The zero-order valence-electron chi connectivity index (χ0n) is 16.5. The smallest absolute Gasteiger partial charge is 0.401 e. The van der Waals surface area contributed by atoms with Gasteiger partial charge in [0.2, 0.25) is 0 Å². The molecule has 2 N–H and O–H groups in total. The zero-order chi connectivity index (χ0) is 22.5. The first kappa shape index (κ1) is 23.2. The van der Waals surface area contributed by atoms with E-state index >= 15 is 0 Å². The van der Waals surface area contributed by atoms with Crippen LogP contribution in [0.15, 0.2) is 36.4 Å². The van der Waals surface area contributed by atoms with E-state index in [9.17, 15) is 27.9 Å². The summed E-state index contributed by atoms with van der Waals surface area (Å²) in [7, 11) is 1.42. The summed E-state index contributed by atoms with van der Waals surface area (Å²) < 4.78 is 44.1. The lowest BCUT2D eigenvalue weighted by molar-refractivity contribution is -0.146. The fourth-order valence-corrected chi connectivity index (χ4v) is 3.14. The van der Waals surface area contributed by atoms with Gasteiger partial charge in [-0.15, -0.1) is 0 Å². The predicted octanol–water partition coefficient (Wildman–Crippen LogP) is 4.07. The highest BCUT2D eigenvalue weighted by Gasteiger charge is 2.30. The Morgan fingerprint density at radius 1 is 1.07 bits per heavy atom. The summed E-state index contributed by atoms with van der Waals surface area (Å²) in [5.74, 6) is -1.84. The molecule has 0 aliphatic heterocycles. The molecule has 162 valence electrons. The van der Waals surface area contributed by atoms with Gasteiger partial charge in [0.25, 0.3) is 0 Å². The molecule has 0 fully saturated rings. The molecule has 0 aliphatic rings. The molecule has 0 aliphatic carbocycles. The monoisotopic (exact) mass is 425 g/mol. The molecule has 2 aromatic rings. The number of carboxylic acids is 2. The number of methoxy groups -OCH3 is 1. The number of aliphatic carboxylic acids is 1. The minimum atomic E-state index is -4.40. The molecule has 0 aromatic heterocycles. The maximum atomic E-state index is 12.9. The highest BCUT2D eigenvalue weighted by Crippen LogP contribution is 2.35. The topological polar surface area (TPSA) is 87.1 Å². The molecule has 9 heteroatoms. The third-order valence-corrected chi connectivity index (χ3v) is 4.51. The molecule has 2 aromatic carbocycles. The van der Waals surface area contributed by atoms with E-state index in [0.717, 1.165) is 4.90 Å². The normalized spacial score (nSPS) is 11.5. The number of ether oxygens (including phenoxy) is 1. The van der Waals surface area contributed by atoms with Crippen LogP contribution in [0.2, 0.25) is 0 Å². The second kappa shape index (κ2) is 9.62. The second-order valence-electron chi connectivity index (χ2n) is 6.70.